The number of nitrogens with zero attached hydrogens (tertiary/aromatic N) is 3. The standard InChI is InChI=1S/C19H26N4O2S/c1-13(2)15-6-8-16(9-7-15)26(24,25)17-11-21-19(22-18(17)20)23-10-4-5-14(3)12-23/h6-9,11,13-14H,4-5,10,12H2,1-3H3,(H2,20,21,22)/t14-/m1/s1. The molecule has 0 amide bonds. The molecule has 1 saturated heterocycles. The highest BCUT2D eigenvalue weighted by Crippen LogP contribution is 2.28. The van der Waals surface area contributed by atoms with Crippen molar-refractivity contribution < 1.29 is 8.42 Å². The van der Waals surface area contributed by atoms with Crippen molar-refractivity contribution in [3.05, 3.63) is 36.0 Å². The fourth-order valence-corrected chi connectivity index (χ4v) is 4.52. The lowest BCUT2D eigenvalue weighted by atomic mass is 10.0. The first kappa shape index (κ1) is 18.6. The van der Waals surface area contributed by atoms with Gasteiger partial charge in [-0.1, -0.05) is 32.9 Å². The number of rotatable bonds is 4. The molecule has 2 heterocycles. The Morgan fingerprint density at radius 1 is 1.23 bits per heavy atom. The molecule has 6 nitrogen and oxygen atoms in total. The molecular formula is C19H26N4O2S. The Morgan fingerprint density at radius 3 is 2.50 bits per heavy atom. The molecule has 0 unspecified atom stereocenters. The van der Waals surface area contributed by atoms with Crippen LogP contribution in [0.25, 0.3) is 0 Å². The van der Waals surface area contributed by atoms with Crippen LogP contribution < -0.4 is 10.6 Å². The minimum Gasteiger partial charge on any atom is -0.382 e. The van der Waals surface area contributed by atoms with Gasteiger partial charge in [0.25, 0.3) is 0 Å². The largest absolute Gasteiger partial charge is 0.382 e. The second-order valence-electron chi connectivity index (χ2n) is 7.34. The van der Waals surface area contributed by atoms with E-state index in [2.05, 4.69) is 35.6 Å². The molecule has 0 aliphatic carbocycles. The molecule has 1 aromatic heterocycles. The van der Waals surface area contributed by atoms with Crippen LogP contribution >= 0.6 is 0 Å². The summed E-state index contributed by atoms with van der Waals surface area (Å²) in [4.78, 5) is 10.8. The van der Waals surface area contributed by atoms with Crippen molar-refractivity contribution in [1.29, 1.82) is 0 Å². The predicted octanol–water partition coefficient (Wildman–Crippen LogP) is 3.25. The van der Waals surface area contributed by atoms with E-state index in [-0.39, 0.29) is 15.6 Å². The Kier molecular flexibility index (Phi) is 5.18. The molecule has 140 valence electrons. The lowest BCUT2D eigenvalue weighted by Gasteiger charge is -2.31. The highest BCUT2D eigenvalue weighted by molar-refractivity contribution is 7.91. The zero-order valence-electron chi connectivity index (χ0n) is 15.5. The Hall–Kier alpha value is -2.15. The van der Waals surface area contributed by atoms with Crippen LogP contribution in [0, 0.1) is 5.92 Å². The zero-order chi connectivity index (χ0) is 18.9. The average Bonchev–Trinajstić information content (AvgIpc) is 2.61. The fraction of sp³-hybridized carbons (Fsp3) is 0.474. The van der Waals surface area contributed by atoms with E-state index in [4.69, 9.17) is 5.73 Å². The molecule has 0 spiro atoms. The molecule has 0 bridgehead atoms. The van der Waals surface area contributed by atoms with E-state index in [1.807, 2.05) is 12.1 Å². The van der Waals surface area contributed by atoms with Crippen molar-refractivity contribution in [1.82, 2.24) is 9.97 Å². The SMILES string of the molecule is CC(C)c1ccc(S(=O)(=O)c2cnc(N3CCC[C@@H](C)C3)nc2N)cc1. The summed E-state index contributed by atoms with van der Waals surface area (Å²) in [5.74, 6) is 1.41. The van der Waals surface area contributed by atoms with Gasteiger partial charge in [0.05, 0.1) is 11.1 Å². The third-order valence-electron chi connectivity index (χ3n) is 4.86. The molecule has 1 aromatic carbocycles. The normalized spacial score (nSPS) is 18.3. The van der Waals surface area contributed by atoms with Crippen molar-refractivity contribution in [2.45, 2.75) is 49.3 Å². The molecule has 1 fully saturated rings. The summed E-state index contributed by atoms with van der Waals surface area (Å²) < 4.78 is 25.8. The average molecular weight is 375 g/mol. The minimum atomic E-state index is -3.74. The van der Waals surface area contributed by atoms with Gasteiger partial charge in [-0.3, -0.25) is 0 Å². The van der Waals surface area contributed by atoms with Gasteiger partial charge in [0.2, 0.25) is 15.8 Å². The second-order valence-corrected chi connectivity index (χ2v) is 9.26. The quantitative estimate of drug-likeness (QED) is 0.883. The molecule has 26 heavy (non-hydrogen) atoms. The van der Waals surface area contributed by atoms with Gasteiger partial charge in [-0.05, 0) is 42.4 Å². The summed E-state index contributed by atoms with van der Waals surface area (Å²) in [5.41, 5.74) is 7.09. The van der Waals surface area contributed by atoms with Crippen molar-refractivity contribution >= 4 is 21.6 Å². The van der Waals surface area contributed by atoms with Crippen LogP contribution in [0.2, 0.25) is 0 Å². The molecular weight excluding hydrogens is 348 g/mol. The van der Waals surface area contributed by atoms with E-state index in [1.54, 1.807) is 12.1 Å². The molecule has 0 saturated carbocycles. The van der Waals surface area contributed by atoms with E-state index < -0.39 is 9.84 Å². The van der Waals surface area contributed by atoms with Crippen LogP contribution in [0.3, 0.4) is 0 Å². The maximum atomic E-state index is 12.9. The first-order valence-electron chi connectivity index (χ1n) is 9.01. The third kappa shape index (κ3) is 3.67. The Labute approximate surface area is 155 Å². The molecule has 0 radical (unpaired) electrons. The van der Waals surface area contributed by atoms with Crippen LogP contribution in [0.4, 0.5) is 11.8 Å². The number of benzene rings is 1. The fourth-order valence-electron chi connectivity index (χ4n) is 3.26. The van der Waals surface area contributed by atoms with Crippen LogP contribution in [0.5, 0.6) is 0 Å². The molecule has 7 heteroatoms. The van der Waals surface area contributed by atoms with E-state index in [0.717, 1.165) is 25.1 Å². The van der Waals surface area contributed by atoms with Crippen LogP contribution in [-0.2, 0) is 9.84 Å². The number of nitrogen functional groups attached to an aromatic ring is 1. The van der Waals surface area contributed by atoms with Gasteiger partial charge in [-0.25, -0.2) is 13.4 Å². The summed E-state index contributed by atoms with van der Waals surface area (Å²) in [6.45, 7) is 8.05. The Bertz CT molecular complexity index is 879. The number of hydrogen-bond acceptors (Lipinski definition) is 6. The highest BCUT2D eigenvalue weighted by atomic mass is 32.2. The lowest BCUT2D eigenvalue weighted by molar-refractivity contribution is 0.442. The maximum absolute atomic E-state index is 12.9. The van der Waals surface area contributed by atoms with Gasteiger partial charge in [-0.15, -0.1) is 0 Å². The van der Waals surface area contributed by atoms with E-state index >= 15 is 0 Å². The lowest BCUT2D eigenvalue weighted by Crippen LogP contribution is -2.35. The third-order valence-corrected chi connectivity index (χ3v) is 6.64. The van der Waals surface area contributed by atoms with Gasteiger partial charge >= 0.3 is 0 Å². The first-order valence-corrected chi connectivity index (χ1v) is 10.5. The summed E-state index contributed by atoms with van der Waals surface area (Å²) in [6.07, 6.45) is 3.60. The molecule has 1 atom stereocenters. The van der Waals surface area contributed by atoms with Crippen molar-refractivity contribution in [3.8, 4) is 0 Å². The van der Waals surface area contributed by atoms with Gasteiger partial charge < -0.3 is 10.6 Å². The van der Waals surface area contributed by atoms with E-state index in [1.165, 1.54) is 12.6 Å². The van der Waals surface area contributed by atoms with Gasteiger partial charge in [0.1, 0.15) is 10.7 Å². The number of anilines is 2. The predicted molar refractivity (Wildman–Crippen MR) is 103 cm³/mol. The number of aromatic nitrogens is 2. The minimum absolute atomic E-state index is 0.00108. The van der Waals surface area contributed by atoms with Crippen molar-refractivity contribution in [2.24, 2.45) is 5.92 Å². The van der Waals surface area contributed by atoms with Crippen LogP contribution in [0.1, 0.15) is 45.1 Å². The van der Waals surface area contributed by atoms with Crippen LogP contribution in [-0.4, -0.2) is 31.5 Å². The smallest absolute Gasteiger partial charge is 0.227 e. The zero-order valence-corrected chi connectivity index (χ0v) is 16.3. The summed E-state index contributed by atoms with van der Waals surface area (Å²) in [6, 6.07) is 6.89. The number of sulfone groups is 1. The molecule has 2 N–H and O–H groups in total. The van der Waals surface area contributed by atoms with Gasteiger partial charge in [-0.2, -0.15) is 4.98 Å². The Morgan fingerprint density at radius 2 is 1.92 bits per heavy atom. The van der Waals surface area contributed by atoms with Crippen molar-refractivity contribution in [2.75, 3.05) is 23.7 Å². The van der Waals surface area contributed by atoms with Crippen molar-refractivity contribution in [3.63, 3.8) is 0 Å². The number of piperidine rings is 1. The molecule has 1 aliphatic rings. The molecule has 2 aromatic rings. The van der Waals surface area contributed by atoms with Gasteiger partial charge in [0, 0.05) is 13.1 Å². The van der Waals surface area contributed by atoms with Crippen LogP contribution in [0.15, 0.2) is 40.3 Å². The molecule has 1 aliphatic heterocycles. The summed E-state index contributed by atoms with van der Waals surface area (Å²) in [7, 11) is -3.74. The monoisotopic (exact) mass is 374 g/mol. The van der Waals surface area contributed by atoms with Gasteiger partial charge in [0.15, 0.2) is 0 Å². The van der Waals surface area contributed by atoms with E-state index in [0.29, 0.717) is 17.8 Å². The van der Waals surface area contributed by atoms with E-state index in [9.17, 15) is 8.42 Å². The number of hydrogen-bond donors (Lipinski definition) is 1. The second kappa shape index (κ2) is 7.23. The number of nitrogens with two attached hydrogens (primary N) is 1. The maximum Gasteiger partial charge on any atom is 0.227 e. The summed E-state index contributed by atoms with van der Waals surface area (Å²) in [5, 5.41) is 0. The Balaban J connectivity index is 1.90. The molecule has 3 rings (SSSR count). The highest BCUT2D eigenvalue weighted by Gasteiger charge is 2.25. The summed E-state index contributed by atoms with van der Waals surface area (Å²) >= 11 is 0. The first-order chi connectivity index (χ1) is 12.3. The topological polar surface area (TPSA) is 89.2 Å².